The number of ketones is 1. The number of carbonyl (C=O) groups is 1. The number of aryl methyl sites for hydroxylation is 1. The first kappa shape index (κ1) is 13.7. The lowest BCUT2D eigenvalue weighted by Crippen LogP contribution is -2.02. The van der Waals surface area contributed by atoms with Gasteiger partial charge in [-0.15, -0.1) is 0 Å². The van der Waals surface area contributed by atoms with Gasteiger partial charge in [0.15, 0.2) is 5.78 Å². The highest BCUT2D eigenvalue weighted by molar-refractivity contribution is 6.35. The summed E-state index contributed by atoms with van der Waals surface area (Å²) in [5.74, 6) is -0.697. The van der Waals surface area contributed by atoms with Crippen molar-refractivity contribution in [2.75, 3.05) is 0 Å². The summed E-state index contributed by atoms with van der Waals surface area (Å²) >= 11 is 5.94. The number of hydrogen-bond acceptors (Lipinski definition) is 2. The Morgan fingerprint density at radius 2 is 1.90 bits per heavy atom. The van der Waals surface area contributed by atoms with Crippen LogP contribution in [0.2, 0.25) is 5.02 Å². The molecule has 0 atom stereocenters. The van der Waals surface area contributed by atoms with E-state index in [-0.39, 0.29) is 16.4 Å². The van der Waals surface area contributed by atoms with Crippen molar-refractivity contribution in [2.24, 2.45) is 0 Å². The first-order chi connectivity index (χ1) is 10.0. The smallest absolute Gasteiger partial charge is 0.194 e. The standard InChI is InChI=1S/C17H11ClFNO/c1-10-2-3-11-8-12(4-7-16(11)20-10)17(21)14-6-5-13(19)9-15(14)18/h2-9H,1H3. The van der Waals surface area contributed by atoms with Crippen molar-refractivity contribution in [3.63, 3.8) is 0 Å². The van der Waals surface area contributed by atoms with Gasteiger partial charge in [0.25, 0.3) is 0 Å². The van der Waals surface area contributed by atoms with Crippen molar-refractivity contribution in [1.29, 1.82) is 0 Å². The van der Waals surface area contributed by atoms with Crippen molar-refractivity contribution >= 4 is 28.3 Å². The number of benzene rings is 2. The number of hydrogen-bond donors (Lipinski definition) is 0. The van der Waals surface area contributed by atoms with Crippen LogP contribution in [0.4, 0.5) is 4.39 Å². The molecule has 3 rings (SSSR count). The average Bonchev–Trinajstić information content (AvgIpc) is 2.46. The van der Waals surface area contributed by atoms with E-state index in [9.17, 15) is 9.18 Å². The highest BCUT2D eigenvalue weighted by Gasteiger charge is 2.14. The highest BCUT2D eigenvalue weighted by Crippen LogP contribution is 2.22. The molecule has 0 fully saturated rings. The quantitative estimate of drug-likeness (QED) is 0.649. The summed E-state index contributed by atoms with van der Waals surface area (Å²) in [5, 5.41) is 0.992. The van der Waals surface area contributed by atoms with Gasteiger partial charge in [-0.25, -0.2) is 4.39 Å². The molecule has 2 aromatic carbocycles. The topological polar surface area (TPSA) is 30.0 Å². The molecule has 1 aromatic heterocycles. The molecule has 1 heterocycles. The normalized spacial score (nSPS) is 10.8. The minimum atomic E-state index is -0.463. The van der Waals surface area contributed by atoms with Crippen LogP contribution >= 0.6 is 11.6 Å². The van der Waals surface area contributed by atoms with Gasteiger partial charge >= 0.3 is 0 Å². The zero-order valence-corrected chi connectivity index (χ0v) is 12.0. The summed E-state index contributed by atoms with van der Waals surface area (Å²) in [6, 6.07) is 12.8. The van der Waals surface area contributed by atoms with E-state index in [0.29, 0.717) is 5.56 Å². The summed E-state index contributed by atoms with van der Waals surface area (Å²) < 4.78 is 13.1. The Kier molecular flexibility index (Phi) is 3.43. The number of pyridine rings is 1. The lowest BCUT2D eigenvalue weighted by atomic mass is 10.0. The molecule has 0 saturated carbocycles. The fourth-order valence-corrected chi connectivity index (χ4v) is 2.45. The number of rotatable bonds is 2. The second-order valence-electron chi connectivity index (χ2n) is 4.81. The first-order valence-electron chi connectivity index (χ1n) is 6.42. The average molecular weight is 300 g/mol. The van der Waals surface area contributed by atoms with Gasteiger partial charge in [0.1, 0.15) is 5.82 Å². The lowest BCUT2D eigenvalue weighted by molar-refractivity contribution is 0.103. The lowest BCUT2D eigenvalue weighted by Gasteiger charge is -2.05. The monoisotopic (exact) mass is 299 g/mol. The van der Waals surface area contributed by atoms with Gasteiger partial charge in [-0.05, 0) is 49.4 Å². The number of aromatic nitrogens is 1. The Morgan fingerprint density at radius 1 is 1.10 bits per heavy atom. The van der Waals surface area contributed by atoms with Crippen LogP contribution in [-0.2, 0) is 0 Å². The van der Waals surface area contributed by atoms with Gasteiger partial charge in [-0.1, -0.05) is 17.7 Å². The van der Waals surface area contributed by atoms with Crippen LogP contribution in [0.25, 0.3) is 10.9 Å². The van der Waals surface area contributed by atoms with Crippen molar-refractivity contribution in [3.8, 4) is 0 Å². The fourth-order valence-electron chi connectivity index (χ4n) is 2.20. The second-order valence-corrected chi connectivity index (χ2v) is 5.22. The molecule has 4 heteroatoms. The van der Waals surface area contributed by atoms with Crippen molar-refractivity contribution < 1.29 is 9.18 Å². The molecule has 0 N–H and O–H groups in total. The van der Waals surface area contributed by atoms with Crippen molar-refractivity contribution in [3.05, 3.63) is 76.2 Å². The van der Waals surface area contributed by atoms with E-state index in [0.717, 1.165) is 22.7 Å². The largest absolute Gasteiger partial charge is 0.289 e. The molecule has 0 aliphatic carbocycles. The predicted molar refractivity (Wildman–Crippen MR) is 81.3 cm³/mol. The third-order valence-corrected chi connectivity index (χ3v) is 3.58. The minimum absolute atomic E-state index is 0.113. The third kappa shape index (κ3) is 2.65. The molecule has 2 nitrogen and oxygen atoms in total. The van der Waals surface area contributed by atoms with E-state index in [2.05, 4.69) is 4.98 Å². The van der Waals surface area contributed by atoms with E-state index < -0.39 is 5.82 Å². The summed E-state index contributed by atoms with van der Waals surface area (Å²) in [7, 11) is 0. The molecular formula is C17H11ClFNO. The van der Waals surface area contributed by atoms with Gasteiger partial charge in [0.2, 0.25) is 0 Å². The SMILES string of the molecule is Cc1ccc2cc(C(=O)c3ccc(F)cc3Cl)ccc2n1. The number of fused-ring (bicyclic) bond motifs is 1. The van der Waals surface area contributed by atoms with Gasteiger partial charge in [0.05, 0.1) is 10.5 Å². The molecule has 0 unspecified atom stereocenters. The van der Waals surface area contributed by atoms with E-state index in [4.69, 9.17) is 11.6 Å². The van der Waals surface area contributed by atoms with E-state index in [1.165, 1.54) is 12.1 Å². The molecule has 3 aromatic rings. The number of nitrogens with zero attached hydrogens (tertiary/aromatic N) is 1. The molecule has 104 valence electrons. The molecule has 21 heavy (non-hydrogen) atoms. The van der Waals surface area contributed by atoms with Crippen LogP contribution in [0, 0.1) is 12.7 Å². The number of halogens is 2. The van der Waals surface area contributed by atoms with E-state index in [1.54, 1.807) is 18.2 Å². The Balaban J connectivity index is 2.07. The molecule has 0 aliphatic rings. The molecule has 0 radical (unpaired) electrons. The molecule has 0 amide bonds. The zero-order chi connectivity index (χ0) is 15.0. The predicted octanol–water partition coefficient (Wildman–Crippen LogP) is 4.57. The maximum atomic E-state index is 13.1. The summed E-state index contributed by atoms with van der Waals surface area (Å²) in [5.41, 5.74) is 2.54. The molecule has 0 bridgehead atoms. The van der Waals surface area contributed by atoms with Crippen LogP contribution in [0.15, 0.2) is 48.5 Å². The third-order valence-electron chi connectivity index (χ3n) is 3.27. The maximum Gasteiger partial charge on any atom is 0.194 e. The first-order valence-corrected chi connectivity index (χ1v) is 6.79. The summed E-state index contributed by atoms with van der Waals surface area (Å²) in [6.07, 6.45) is 0. The van der Waals surface area contributed by atoms with Gasteiger partial charge in [-0.2, -0.15) is 0 Å². The summed E-state index contributed by atoms with van der Waals surface area (Å²) in [6.45, 7) is 1.91. The van der Waals surface area contributed by atoms with Gasteiger partial charge in [0, 0.05) is 22.2 Å². The maximum absolute atomic E-state index is 13.1. The minimum Gasteiger partial charge on any atom is -0.289 e. The highest BCUT2D eigenvalue weighted by atomic mass is 35.5. The fraction of sp³-hybridized carbons (Fsp3) is 0.0588. The second kappa shape index (κ2) is 5.26. The van der Waals surface area contributed by atoms with Crippen molar-refractivity contribution in [1.82, 2.24) is 4.98 Å². The Hall–Kier alpha value is -2.26. The molecule has 0 spiro atoms. The van der Waals surface area contributed by atoms with E-state index in [1.807, 2.05) is 19.1 Å². The summed E-state index contributed by atoms with van der Waals surface area (Å²) in [4.78, 5) is 16.9. The Labute approximate surface area is 126 Å². The number of carbonyl (C=O) groups excluding carboxylic acids is 1. The van der Waals surface area contributed by atoms with Crippen LogP contribution in [0.5, 0.6) is 0 Å². The Morgan fingerprint density at radius 3 is 2.67 bits per heavy atom. The van der Waals surface area contributed by atoms with Crippen LogP contribution in [0.1, 0.15) is 21.6 Å². The van der Waals surface area contributed by atoms with Crippen LogP contribution in [0.3, 0.4) is 0 Å². The zero-order valence-electron chi connectivity index (χ0n) is 11.2. The molecule has 0 aliphatic heterocycles. The van der Waals surface area contributed by atoms with Gasteiger partial charge in [-0.3, -0.25) is 9.78 Å². The Bertz CT molecular complexity index is 861. The van der Waals surface area contributed by atoms with Gasteiger partial charge < -0.3 is 0 Å². The van der Waals surface area contributed by atoms with Crippen molar-refractivity contribution in [2.45, 2.75) is 6.92 Å². The molecule has 0 saturated heterocycles. The van der Waals surface area contributed by atoms with Crippen LogP contribution in [-0.4, -0.2) is 10.8 Å². The van der Waals surface area contributed by atoms with E-state index >= 15 is 0 Å². The van der Waals surface area contributed by atoms with Crippen LogP contribution < -0.4 is 0 Å². The molecular weight excluding hydrogens is 289 g/mol.